The highest BCUT2D eigenvalue weighted by Crippen LogP contribution is 2.18. The van der Waals surface area contributed by atoms with Crippen LogP contribution in [0.5, 0.6) is 0 Å². The van der Waals surface area contributed by atoms with Crippen LogP contribution < -0.4 is 0 Å². The molecule has 0 radical (unpaired) electrons. The first kappa shape index (κ1) is 19.3. The number of imidazole rings is 1. The van der Waals surface area contributed by atoms with Crippen molar-refractivity contribution in [3.8, 4) is 0 Å². The first-order chi connectivity index (χ1) is 12.3. The van der Waals surface area contributed by atoms with Crippen molar-refractivity contribution in [3.05, 3.63) is 22.1 Å². The fraction of sp³-hybridized carbons (Fsp3) is 0.600. The van der Waals surface area contributed by atoms with Crippen molar-refractivity contribution in [2.45, 2.75) is 45.3 Å². The van der Waals surface area contributed by atoms with E-state index in [2.05, 4.69) is 4.98 Å². The van der Waals surface area contributed by atoms with E-state index in [1.165, 1.54) is 9.47 Å². The van der Waals surface area contributed by atoms with Crippen LogP contribution in [0.15, 0.2) is 6.20 Å². The summed E-state index contributed by atoms with van der Waals surface area (Å²) in [4.78, 5) is 50.3. The number of carbonyl (C=O) groups is 3. The van der Waals surface area contributed by atoms with Crippen LogP contribution in [0.1, 0.15) is 31.5 Å². The zero-order chi connectivity index (χ0) is 19.3. The maximum absolute atomic E-state index is 11.9. The van der Waals surface area contributed by atoms with E-state index in [-0.39, 0.29) is 37.7 Å². The summed E-state index contributed by atoms with van der Waals surface area (Å²) in [6.07, 6.45) is 0.681. The Kier molecular flexibility index (Phi) is 6.26. The molecule has 26 heavy (non-hydrogen) atoms. The van der Waals surface area contributed by atoms with Gasteiger partial charge in [-0.3, -0.25) is 14.4 Å². The van der Waals surface area contributed by atoms with Gasteiger partial charge in [-0.2, -0.15) is 0 Å². The summed E-state index contributed by atoms with van der Waals surface area (Å²) in [5.41, 5.74) is 0. The minimum atomic E-state index is -1.13. The van der Waals surface area contributed by atoms with E-state index in [1.807, 2.05) is 0 Å². The number of likely N-dealkylation sites (tertiary alicyclic amines) is 1. The van der Waals surface area contributed by atoms with E-state index in [4.69, 9.17) is 9.84 Å². The lowest BCUT2D eigenvalue weighted by Gasteiger charge is -2.23. The van der Waals surface area contributed by atoms with Crippen LogP contribution >= 0.6 is 0 Å². The number of carboxylic acids is 1. The highest BCUT2D eigenvalue weighted by Gasteiger charge is 2.29. The van der Waals surface area contributed by atoms with Gasteiger partial charge in [0, 0.05) is 19.9 Å². The van der Waals surface area contributed by atoms with Gasteiger partial charge in [-0.1, -0.05) is 0 Å². The third-order valence-corrected chi connectivity index (χ3v) is 4.04. The summed E-state index contributed by atoms with van der Waals surface area (Å²) in [5, 5.41) is 19.8. The quantitative estimate of drug-likeness (QED) is 0.377. The molecule has 1 N–H and O–H groups in total. The number of amides is 1. The van der Waals surface area contributed by atoms with Crippen LogP contribution in [0.3, 0.4) is 0 Å². The van der Waals surface area contributed by atoms with E-state index >= 15 is 0 Å². The molecule has 1 aliphatic rings. The summed E-state index contributed by atoms with van der Waals surface area (Å²) in [7, 11) is 0. The van der Waals surface area contributed by atoms with Gasteiger partial charge in [0.15, 0.2) is 11.9 Å². The number of aliphatic carboxylic acids is 1. The Hall–Kier alpha value is -2.98. The lowest BCUT2D eigenvalue weighted by atomic mass is 10.3. The zero-order valence-electron chi connectivity index (χ0n) is 14.3. The number of hydrogen-bond donors (Lipinski definition) is 1. The molecule has 11 nitrogen and oxygen atoms in total. The summed E-state index contributed by atoms with van der Waals surface area (Å²) in [6.45, 7) is 2.14. The van der Waals surface area contributed by atoms with E-state index in [0.717, 1.165) is 6.20 Å². The maximum Gasteiger partial charge on any atom is 0.342 e. The number of rotatable bonds is 9. The number of aromatic nitrogens is 2. The standard InChI is InChI=1S/C15H20N4O7/c1-10-16-7-12(19(24)25)18(10)9-11(8-17-6-2-3-13(17)20)26-15(23)5-4-14(21)22/h7,11H,2-6,8-9H2,1H3,(H,21,22)/t11-/m1/s1. The molecule has 0 saturated carbocycles. The van der Waals surface area contributed by atoms with E-state index in [9.17, 15) is 24.5 Å². The van der Waals surface area contributed by atoms with Gasteiger partial charge in [-0.25, -0.2) is 9.55 Å². The van der Waals surface area contributed by atoms with E-state index < -0.39 is 23.0 Å². The minimum Gasteiger partial charge on any atom is -0.481 e. The molecule has 1 aromatic rings. The lowest BCUT2D eigenvalue weighted by molar-refractivity contribution is -0.392. The number of carbonyl (C=O) groups excluding carboxylic acids is 2. The molecule has 1 amide bonds. The minimum absolute atomic E-state index is 0.0509. The van der Waals surface area contributed by atoms with Crippen molar-refractivity contribution in [2.24, 2.45) is 0 Å². The molecule has 0 bridgehead atoms. The summed E-state index contributed by atoms with van der Waals surface area (Å²) in [5.74, 6) is -1.81. The van der Waals surface area contributed by atoms with Gasteiger partial charge in [0.2, 0.25) is 5.91 Å². The van der Waals surface area contributed by atoms with Gasteiger partial charge in [-0.15, -0.1) is 0 Å². The van der Waals surface area contributed by atoms with Crippen molar-refractivity contribution >= 4 is 23.7 Å². The number of carboxylic acid groups (broad SMARTS) is 1. The molecule has 2 rings (SSSR count). The molecule has 0 aromatic carbocycles. The average Bonchev–Trinajstić information content (AvgIpc) is 3.12. The van der Waals surface area contributed by atoms with Crippen molar-refractivity contribution in [1.82, 2.24) is 14.5 Å². The number of nitrogens with zero attached hydrogens (tertiary/aromatic N) is 4. The lowest BCUT2D eigenvalue weighted by Crippen LogP contribution is -2.38. The van der Waals surface area contributed by atoms with Crippen LogP contribution in [0, 0.1) is 17.0 Å². The first-order valence-electron chi connectivity index (χ1n) is 8.13. The molecule has 1 fully saturated rings. The summed E-state index contributed by atoms with van der Waals surface area (Å²) < 4.78 is 6.61. The number of nitro groups is 1. The predicted molar refractivity (Wildman–Crippen MR) is 86.2 cm³/mol. The number of esters is 1. The Balaban J connectivity index is 2.13. The summed E-state index contributed by atoms with van der Waals surface area (Å²) >= 11 is 0. The molecule has 0 aliphatic carbocycles. The van der Waals surface area contributed by atoms with Crippen molar-refractivity contribution < 1.29 is 29.2 Å². The van der Waals surface area contributed by atoms with E-state index in [0.29, 0.717) is 25.2 Å². The molecule has 0 unspecified atom stereocenters. The zero-order valence-corrected chi connectivity index (χ0v) is 14.3. The smallest absolute Gasteiger partial charge is 0.342 e. The fourth-order valence-corrected chi connectivity index (χ4v) is 2.76. The Morgan fingerprint density at radius 3 is 2.73 bits per heavy atom. The monoisotopic (exact) mass is 368 g/mol. The maximum atomic E-state index is 11.9. The van der Waals surface area contributed by atoms with Gasteiger partial charge >= 0.3 is 17.8 Å². The molecule has 0 spiro atoms. The molecule has 1 aliphatic heterocycles. The Morgan fingerprint density at radius 2 is 2.15 bits per heavy atom. The predicted octanol–water partition coefficient (Wildman–Crippen LogP) is 0.499. The second-order valence-corrected chi connectivity index (χ2v) is 5.98. The Labute approximate surface area is 148 Å². The highest BCUT2D eigenvalue weighted by atomic mass is 16.6. The SMILES string of the molecule is Cc1ncc([N+](=O)[O-])n1C[C@@H](CN1CCCC1=O)OC(=O)CCC(=O)O. The first-order valence-corrected chi connectivity index (χ1v) is 8.13. The van der Waals surface area contributed by atoms with Gasteiger partial charge < -0.3 is 24.9 Å². The molecule has 2 heterocycles. The molecule has 1 aromatic heterocycles. The molecule has 1 atom stereocenters. The summed E-state index contributed by atoms with van der Waals surface area (Å²) in [6, 6.07) is 0. The molecular formula is C15H20N4O7. The van der Waals surface area contributed by atoms with Crippen LogP contribution in [-0.4, -0.2) is 61.5 Å². The normalized spacial score (nSPS) is 15.1. The molecule has 1 saturated heterocycles. The third-order valence-electron chi connectivity index (χ3n) is 4.04. The molecule has 11 heteroatoms. The van der Waals surface area contributed by atoms with Crippen LogP contribution in [0.2, 0.25) is 0 Å². The van der Waals surface area contributed by atoms with Gasteiger partial charge in [0.1, 0.15) is 12.7 Å². The second kappa shape index (κ2) is 8.41. The largest absolute Gasteiger partial charge is 0.481 e. The second-order valence-electron chi connectivity index (χ2n) is 5.98. The molecular weight excluding hydrogens is 348 g/mol. The van der Waals surface area contributed by atoms with Crippen LogP contribution in [0.4, 0.5) is 5.82 Å². The number of hydrogen-bond acceptors (Lipinski definition) is 7. The average molecular weight is 368 g/mol. The Bertz CT molecular complexity index is 715. The van der Waals surface area contributed by atoms with Crippen molar-refractivity contribution in [1.29, 1.82) is 0 Å². The third kappa shape index (κ3) is 5.01. The van der Waals surface area contributed by atoms with Gasteiger partial charge in [0.05, 0.1) is 19.4 Å². The fourth-order valence-electron chi connectivity index (χ4n) is 2.76. The van der Waals surface area contributed by atoms with Crippen LogP contribution in [0.25, 0.3) is 0 Å². The van der Waals surface area contributed by atoms with Gasteiger partial charge in [-0.05, 0) is 11.3 Å². The number of ether oxygens (including phenoxy) is 1. The highest BCUT2D eigenvalue weighted by molar-refractivity contribution is 5.78. The van der Waals surface area contributed by atoms with E-state index in [1.54, 1.807) is 6.92 Å². The van der Waals surface area contributed by atoms with Crippen molar-refractivity contribution in [2.75, 3.05) is 13.1 Å². The molecule has 142 valence electrons. The topological polar surface area (TPSA) is 145 Å². The van der Waals surface area contributed by atoms with Crippen molar-refractivity contribution in [3.63, 3.8) is 0 Å². The number of aryl methyl sites for hydroxylation is 1. The Morgan fingerprint density at radius 1 is 1.42 bits per heavy atom. The van der Waals surface area contributed by atoms with Gasteiger partial charge in [0.25, 0.3) is 0 Å². The van der Waals surface area contributed by atoms with Crippen LogP contribution in [-0.2, 0) is 25.7 Å².